The molecule has 0 atom stereocenters. The van der Waals surface area contributed by atoms with Gasteiger partial charge < -0.3 is 5.32 Å². The van der Waals surface area contributed by atoms with Gasteiger partial charge in [0.25, 0.3) is 0 Å². The Morgan fingerprint density at radius 1 is 1.35 bits per heavy atom. The third kappa shape index (κ3) is 5.07. The molecular weight excluding hydrogens is 250 g/mol. The molecular formula is C13H16ClNOSi. The first-order valence-electron chi connectivity index (χ1n) is 5.38. The maximum Gasteiger partial charge on any atom is 0.221 e. The Labute approximate surface area is 108 Å². The molecule has 1 N–H and O–H groups in total. The van der Waals surface area contributed by atoms with Crippen LogP contribution < -0.4 is 5.32 Å². The number of benzene rings is 1. The lowest BCUT2D eigenvalue weighted by molar-refractivity contribution is -0.114. The number of carbonyl (C=O) groups excluding carboxylic acids is 1. The Balaban J connectivity index is 3.14. The molecule has 0 aromatic heterocycles. The summed E-state index contributed by atoms with van der Waals surface area (Å²) in [5.41, 5.74) is 4.75. The van der Waals surface area contributed by atoms with Gasteiger partial charge >= 0.3 is 0 Å². The maximum atomic E-state index is 11.1. The van der Waals surface area contributed by atoms with E-state index in [0.29, 0.717) is 10.7 Å². The minimum Gasteiger partial charge on any atom is -0.325 e. The molecule has 2 nitrogen and oxygen atoms in total. The van der Waals surface area contributed by atoms with Gasteiger partial charge in [-0.05, 0) is 18.2 Å². The van der Waals surface area contributed by atoms with Crippen molar-refractivity contribution in [3.05, 3.63) is 28.8 Å². The summed E-state index contributed by atoms with van der Waals surface area (Å²) in [4.78, 5) is 11.1. The number of nitrogens with one attached hydrogen (secondary N) is 1. The molecule has 1 rings (SSSR count). The highest BCUT2D eigenvalue weighted by Gasteiger charge is 2.09. The monoisotopic (exact) mass is 265 g/mol. The van der Waals surface area contributed by atoms with Gasteiger partial charge in [0.15, 0.2) is 0 Å². The molecule has 0 bridgehead atoms. The molecule has 0 heterocycles. The summed E-state index contributed by atoms with van der Waals surface area (Å²) in [6.07, 6.45) is 0. The van der Waals surface area contributed by atoms with E-state index < -0.39 is 8.07 Å². The molecule has 0 aliphatic heterocycles. The lowest BCUT2D eigenvalue weighted by atomic mass is 10.2. The quantitative estimate of drug-likeness (QED) is 0.611. The average Bonchev–Trinajstić information content (AvgIpc) is 2.16. The van der Waals surface area contributed by atoms with Gasteiger partial charge in [0, 0.05) is 17.5 Å². The van der Waals surface area contributed by atoms with Crippen LogP contribution in [-0.4, -0.2) is 14.0 Å². The van der Waals surface area contributed by atoms with E-state index in [4.69, 9.17) is 11.6 Å². The fourth-order valence-electron chi connectivity index (χ4n) is 1.17. The summed E-state index contributed by atoms with van der Waals surface area (Å²) in [5, 5.41) is 3.38. The molecule has 0 saturated carbocycles. The van der Waals surface area contributed by atoms with Gasteiger partial charge in [-0.15, -0.1) is 5.54 Å². The third-order valence-corrected chi connectivity index (χ3v) is 2.97. The highest BCUT2D eigenvalue weighted by molar-refractivity contribution is 6.83. The van der Waals surface area contributed by atoms with Crippen molar-refractivity contribution in [3.63, 3.8) is 0 Å². The second-order valence-electron chi connectivity index (χ2n) is 4.87. The van der Waals surface area contributed by atoms with Crippen LogP contribution >= 0.6 is 11.6 Å². The fraction of sp³-hybridized carbons (Fsp3) is 0.308. The van der Waals surface area contributed by atoms with Gasteiger partial charge in [-0.25, -0.2) is 0 Å². The van der Waals surface area contributed by atoms with Crippen LogP contribution in [0.2, 0.25) is 24.7 Å². The van der Waals surface area contributed by atoms with Crippen molar-refractivity contribution < 1.29 is 4.79 Å². The highest BCUT2D eigenvalue weighted by atomic mass is 35.5. The Hall–Kier alpha value is -1.24. The second kappa shape index (κ2) is 5.39. The molecule has 4 heteroatoms. The van der Waals surface area contributed by atoms with Crippen LogP contribution in [0.15, 0.2) is 18.2 Å². The second-order valence-corrected chi connectivity index (χ2v) is 10.1. The molecule has 0 radical (unpaired) electrons. The van der Waals surface area contributed by atoms with E-state index in [1.54, 1.807) is 18.2 Å². The van der Waals surface area contributed by atoms with E-state index in [1.165, 1.54) is 6.92 Å². The van der Waals surface area contributed by atoms with E-state index in [0.717, 1.165) is 5.56 Å². The van der Waals surface area contributed by atoms with E-state index >= 15 is 0 Å². The van der Waals surface area contributed by atoms with E-state index in [9.17, 15) is 4.79 Å². The topological polar surface area (TPSA) is 29.1 Å². The number of anilines is 1. The highest BCUT2D eigenvalue weighted by Crippen LogP contribution is 2.20. The van der Waals surface area contributed by atoms with Crippen LogP contribution in [0.5, 0.6) is 0 Å². The summed E-state index contributed by atoms with van der Waals surface area (Å²) in [5.74, 6) is 3.00. The summed E-state index contributed by atoms with van der Waals surface area (Å²) in [6.45, 7) is 7.98. The smallest absolute Gasteiger partial charge is 0.221 e. The number of hydrogen-bond donors (Lipinski definition) is 1. The number of carbonyl (C=O) groups is 1. The number of rotatable bonds is 1. The standard InChI is InChI=1S/C13H16ClNOSi/c1-10(16)15-13-6-5-12(14)9-11(13)7-8-17(2,3)4/h5-6,9H,1-4H3,(H,15,16). The predicted octanol–water partition coefficient (Wildman–Crippen LogP) is 3.53. The molecule has 0 spiro atoms. The predicted molar refractivity (Wildman–Crippen MR) is 76.0 cm³/mol. The lowest BCUT2D eigenvalue weighted by Crippen LogP contribution is -2.16. The Morgan fingerprint density at radius 3 is 2.53 bits per heavy atom. The van der Waals surface area contributed by atoms with Gasteiger partial charge in [0.2, 0.25) is 5.91 Å². The molecule has 0 aliphatic carbocycles. The van der Waals surface area contributed by atoms with Gasteiger partial charge in [-0.2, -0.15) is 0 Å². The van der Waals surface area contributed by atoms with E-state index in [1.807, 2.05) is 0 Å². The first kappa shape index (κ1) is 13.8. The number of hydrogen-bond acceptors (Lipinski definition) is 1. The van der Waals surface area contributed by atoms with Gasteiger partial charge in [-0.3, -0.25) is 4.79 Å². The number of halogens is 1. The number of amides is 1. The zero-order chi connectivity index (χ0) is 13.1. The first-order chi connectivity index (χ1) is 7.78. The summed E-state index contributed by atoms with van der Waals surface area (Å²) < 4.78 is 0. The zero-order valence-corrected chi connectivity index (χ0v) is 12.3. The largest absolute Gasteiger partial charge is 0.325 e. The zero-order valence-electron chi connectivity index (χ0n) is 10.5. The molecule has 0 aliphatic rings. The first-order valence-corrected chi connectivity index (χ1v) is 9.26. The van der Waals surface area contributed by atoms with Crippen molar-refractivity contribution in [3.8, 4) is 11.5 Å². The van der Waals surface area contributed by atoms with Crippen molar-refractivity contribution in [2.24, 2.45) is 0 Å². The normalized spacial score (nSPS) is 10.4. The van der Waals surface area contributed by atoms with Crippen LogP contribution in [0, 0.1) is 11.5 Å². The minimum atomic E-state index is -1.44. The van der Waals surface area contributed by atoms with Crippen LogP contribution in [0.25, 0.3) is 0 Å². The molecule has 90 valence electrons. The fourth-order valence-corrected chi connectivity index (χ4v) is 1.86. The molecule has 0 fully saturated rings. The van der Waals surface area contributed by atoms with Gasteiger partial charge in [0.05, 0.1) is 5.69 Å². The summed E-state index contributed by atoms with van der Waals surface area (Å²) in [7, 11) is -1.44. The summed E-state index contributed by atoms with van der Waals surface area (Å²) >= 11 is 5.93. The molecule has 1 aromatic carbocycles. The van der Waals surface area contributed by atoms with Crippen molar-refractivity contribution in [1.82, 2.24) is 0 Å². The Kier molecular flexibility index (Phi) is 4.38. The molecule has 1 aromatic rings. The van der Waals surface area contributed by atoms with Gasteiger partial charge in [-0.1, -0.05) is 37.2 Å². The van der Waals surface area contributed by atoms with E-state index in [-0.39, 0.29) is 5.91 Å². The van der Waals surface area contributed by atoms with Gasteiger partial charge in [0.1, 0.15) is 8.07 Å². The molecule has 0 saturated heterocycles. The van der Waals surface area contributed by atoms with Crippen LogP contribution in [0.4, 0.5) is 5.69 Å². The third-order valence-electron chi connectivity index (χ3n) is 1.86. The summed E-state index contributed by atoms with van der Waals surface area (Å²) in [6, 6.07) is 5.30. The van der Waals surface area contributed by atoms with Crippen molar-refractivity contribution >= 4 is 31.3 Å². The molecule has 0 unspecified atom stereocenters. The molecule has 17 heavy (non-hydrogen) atoms. The Morgan fingerprint density at radius 2 is 2.00 bits per heavy atom. The van der Waals surface area contributed by atoms with Crippen molar-refractivity contribution in [1.29, 1.82) is 0 Å². The molecule has 1 amide bonds. The maximum absolute atomic E-state index is 11.1. The van der Waals surface area contributed by atoms with Crippen molar-refractivity contribution in [2.75, 3.05) is 5.32 Å². The van der Waals surface area contributed by atoms with Crippen LogP contribution in [0.1, 0.15) is 12.5 Å². The average molecular weight is 266 g/mol. The van der Waals surface area contributed by atoms with Crippen LogP contribution in [-0.2, 0) is 4.79 Å². The van der Waals surface area contributed by atoms with E-state index in [2.05, 4.69) is 36.4 Å². The lowest BCUT2D eigenvalue weighted by Gasteiger charge is -2.07. The Bertz CT molecular complexity index is 494. The minimum absolute atomic E-state index is 0.108. The SMILES string of the molecule is CC(=O)Nc1ccc(Cl)cc1C#C[Si](C)(C)C. The van der Waals surface area contributed by atoms with Crippen LogP contribution in [0.3, 0.4) is 0 Å². The van der Waals surface area contributed by atoms with Crippen molar-refractivity contribution in [2.45, 2.75) is 26.6 Å².